The van der Waals surface area contributed by atoms with E-state index in [1.807, 2.05) is 0 Å². The molecule has 9 nitrogen and oxygen atoms in total. The molecular weight excluding hydrogens is 534 g/mol. The van der Waals surface area contributed by atoms with Gasteiger partial charge in [0.15, 0.2) is 11.6 Å². The summed E-state index contributed by atoms with van der Waals surface area (Å²) < 4.78 is 46.0. The van der Waals surface area contributed by atoms with Crippen molar-refractivity contribution in [2.24, 2.45) is 0 Å². The van der Waals surface area contributed by atoms with E-state index in [-0.39, 0.29) is 21.9 Å². The molecule has 0 aliphatic rings. The molecule has 3 aromatic heterocycles. The van der Waals surface area contributed by atoms with Gasteiger partial charge in [0.05, 0.1) is 23.7 Å². The number of hydrogen-bond acceptors (Lipinski definition) is 6. The van der Waals surface area contributed by atoms with Crippen molar-refractivity contribution in [1.82, 2.24) is 25.1 Å². The van der Waals surface area contributed by atoms with Crippen LogP contribution in [0.1, 0.15) is 16.8 Å². The summed E-state index contributed by atoms with van der Waals surface area (Å²) in [7, 11) is 0. The van der Waals surface area contributed by atoms with Gasteiger partial charge in [-0.1, -0.05) is 23.2 Å². The second-order valence-corrected chi connectivity index (χ2v) is 8.65. The third-order valence-corrected chi connectivity index (χ3v) is 5.84. The smallest absolute Gasteiger partial charge is 0.351 e. The molecule has 192 valence electrons. The standard InChI is InChI=1S/C23H18Cl2F3N7O2/c24-15-4-5-18(34-13-29-12-33-34)14(7-15)9-30-20(36)8-16-17(25)10-31-22(21(16)26)32-11-23(27,28)19-3-1-2-6-35(19)37/h1-7,10,12-13H,8-9,11H2,(H2-,30,31,32,36,37)/p+1. The Balaban J connectivity index is 1.45. The Bertz CT molecular complexity index is 1420. The lowest BCUT2D eigenvalue weighted by atomic mass is 10.1. The van der Waals surface area contributed by atoms with Crippen LogP contribution in [0.4, 0.5) is 19.0 Å². The number of carbonyl (C=O) groups is 1. The quantitative estimate of drug-likeness (QED) is 0.216. The molecule has 0 aliphatic carbocycles. The monoisotopic (exact) mass is 552 g/mol. The topological polar surface area (TPSA) is 109 Å². The number of rotatable bonds is 9. The number of pyridine rings is 2. The van der Waals surface area contributed by atoms with Crippen molar-refractivity contribution >= 4 is 34.9 Å². The Hall–Kier alpha value is -3.90. The number of hydrogen-bond donors (Lipinski definition) is 3. The predicted octanol–water partition coefficient (Wildman–Crippen LogP) is 3.70. The Morgan fingerprint density at radius 3 is 2.76 bits per heavy atom. The summed E-state index contributed by atoms with van der Waals surface area (Å²) in [6.07, 6.45) is 4.46. The van der Waals surface area contributed by atoms with Crippen LogP contribution in [0, 0.1) is 5.82 Å². The fraction of sp³-hybridized carbons (Fsp3) is 0.174. The Morgan fingerprint density at radius 2 is 2.03 bits per heavy atom. The molecule has 0 radical (unpaired) electrons. The molecule has 0 spiro atoms. The second-order valence-electron chi connectivity index (χ2n) is 7.80. The second kappa shape index (κ2) is 11.0. The van der Waals surface area contributed by atoms with Crippen LogP contribution in [0.5, 0.6) is 0 Å². The number of amides is 1. The van der Waals surface area contributed by atoms with Crippen molar-refractivity contribution in [3.63, 3.8) is 0 Å². The van der Waals surface area contributed by atoms with E-state index < -0.39 is 42.1 Å². The molecule has 0 bridgehead atoms. The third kappa shape index (κ3) is 6.09. The normalized spacial score (nSPS) is 11.4. The highest BCUT2D eigenvalue weighted by Gasteiger charge is 2.41. The lowest BCUT2D eigenvalue weighted by molar-refractivity contribution is -0.913. The van der Waals surface area contributed by atoms with Gasteiger partial charge in [-0.15, -0.1) is 0 Å². The van der Waals surface area contributed by atoms with Gasteiger partial charge in [-0.3, -0.25) is 10.0 Å². The maximum absolute atomic E-state index is 15.1. The van der Waals surface area contributed by atoms with Crippen LogP contribution in [0.25, 0.3) is 5.69 Å². The van der Waals surface area contributed by atoms with Gasteiger partial charge >= 0.3 is 11.6 Å². The van der Waals surface area contributed by atoms with Gasteiger partial charge in [0.1, 0.15) is 12.7 Å². The van der Waals surface area contributed by atoms with Gasteiger partial charge in [-0.05, 0) is 29.8 Å². The SMILES string of the molecule is O=C(Cc1c(Cl)cnc(NCC(F)(F)c2cccc[n+]2O)c1F)NCc1cc(Cl)ccc1-n1cncn1. The molecule has 0 saturated carbocycles. The maximum atomic E-state index is 15.1. The highest BCUT2D eigenvalue weighted by atomic mass is 35.5. The molecule has 4 aromatic rings. The molecule has 3 N–H and O–H groups in total. The summed E-state index contributed by atoms with van der Waals surface area (Å²) in [5, 5.41) is 18.9. The maximum Gasteiger partial charge on any atom is 0.351 e. The van der Waals surface area contributed by atoms with Crippen LogP contribution >= 0.6 is 23.2 Å². The third-order valence-electron chi connectivity index (χ3n) is 5.28. The number of halogens is 5. The molecule has 0 aliphatic heterocycles. The van der Waals surface area contributed by atoms with Crippen LogP contribution in [0.2, 0.25) is 10.0 Å². The molecule has 3 heterocycles. The van der Waals surface area contributed by atoms with Crippen molar-refractivity contribution in [2.75, 3.05) is 11.9 Å². The van der Waals surface area contributed by atoms with Crippen molar-refractivity contribution in [2.45, 2.75) is 18.9 Å². The molecule has 4 rings (SSSR count). The molecule has 0 atom stereocenters. The minimum atomic E-state index is -3.57. The van der Waals surface area contributed by atoms with E-state index in [1.165, 1.54) is 29.5 Å². The van der Waals surface area contributed by atoms with E-state index in [9.17, 15) is 18.8 Å². The summed E-state index contributed by atoms with van der Waals surface area (Å²) in [6.45, 7) is -1.04. The first-order chi connectivity index (χ1) is 17.7. The first kappa shape index (κ1) is 26.2. The fourth-order valence-corrected chi connectivity index (χ4v) is 3.86. The predicted molar refractivity (Wildman–Crippen MR) is 127 cm³/mol. The van der Waals surface area contributed by atoms with E-state index >= 15 is 4.39 Å². The molecule has 37 heavy (non-hydrogen) atoms. The molecule has 0 unspecified atom stereocenters. The number of nitrogens with one attached hydrogen (secondary N) is 2. The van der Waals surface area contributed by atoms with Crippen molar-refractivity contribution in [1.29, 1.82) is 0 Å². The van der Waals surface area contributed by atoms with Crippen molar-refractivity contribution in [3.8, 4) is 5.69 Å². The number of anilines is 1. The Labute approximate surface area is 218 Å². The Kier molecular flexibility index (Phi) is 7.79. The van der Waals surface area contributed by atoms with Crippen molar-refractivity contribution in [3.05, 3.63) is 94.1 Å². The van der Waals surface area contributed by atoms with Crippen LogP contribution < -0.4 is 15.4 Å². The molecule has 1 amide bonds. The first-order valence-corrected chi connectivity index (χ1v) is 11.5. The largest absolute Gasteiger partial charge is 0.361 e. The van der Waals surface area contributed by atoms with Gasteiger partial charge < -0.3 is 10.6 Å². The highest BCUT2D eigenvalue weighted by molar-refractivity contribution is 6.31. The number of carbonyl (C=O) groups excluding carboxylic acids is 1. The lowest BCUT2D eigenvalue weighted by Crippen LogP contribution is -2.43. The highest BCUT2D eigenvalue weighted by Crippen LogP contribution is 2.28. The molecular formula is C23H19Cl2F3N7O2+. The Morgan fingerprint density at radius 1 is 1.22 bits per heavy atom. The summed E-state index contributed by atoms with van der Waals surface area (Å²) in [4.78, 5) is 20.2. The van der Waals surface area contributed by atoms with E-state index in [1.54, 1.807) is 18.2 Å². The first-order valence-electron chi connectivity index (χ1n) is 10.7. The van der Waals surface area contributed by atoms with E-state index in [0.29, 0.717) is 16.3 Å². The minimum Gasteiger partial charge on any atom is -0.361 e. The van der Waals surface area contributed by atoms with Gasteiger partial charge in [0.25, 0.3) is 0 Å². The van der Waals surface area contributed by atoms with E-state index in [4.69, 9.17) is 23.2 Å². The van der Waals surface area contributed by atoms with Gasteiger partial charge in [0, 0.05) is 40.2 Å². The minimum absolute atomic E-state index is 0.0362. The number of aromatic nitrogens is 5. The van der Waals surface area contributed by atoms with Crippen LogP contribution in [-0.4, -0.2) is 37.4 Å². The summed E-state index contributed by atoms with van der Waals surface area (Å²) in [6, 6.07) is 8.73. The summed E-state index contributed by atoms with van der Waals surface area (Å²) in [5.74, 6) is -5.72. The molecule has 0 fully saturated rings. The van der Waals surface area contributed by atoms with E-state index in [0.717, 1.165) is 18.5 Å². The zero-order valence-electron chi connectivity index (χ0n) is 18.9. The molecule has 14 heteroatoms. The van der Waals surface area contributed by atoms with Gasteiger partial charge in [-0.25, -0.2) is 19.0 Å². The van der Waals surface area contributed by atoms with E-state index in [2.05, 4.69) is 25.7 Å². The fourth-order valence-electron chi connectivity index (χ4n) is 3.47. The molecule has 0 saturated heterocycles. The van der Waals surface area contributed by atoms with Crippen LogP contribution in [-0.2, 0) is 23.7 Å². The van der Waals surface area contributed by atoms with Gasteiger partial charge in [0.2, 0.25) is 12.1 Å². The zero-order valence-corrected chi connectivity index (χ0v) is 20.4. The van der Waals surface area contributed by atoms with Crippen LogP contribution in [0.3, 0.4) is 0 Å². The average Bonchev–Trinajstić information content (AvgIpc) is 3.40. The van der Waals surface area contributed by atoms with Crippen molar-refractivity contribution < 1.29 is 27.9 Å². The van der Waals surface area contributed by atoms with Crippen LogP contribution in [0.15, 0.2) is 61.4 Å². The number of benzene rings is 1. The molecule has 1 aromatic carbocycles. The number of nitrogens with zero attached hydrogens (tertiary/aromatic N) is 5. The van der Waals surface area contributed by atoms with Gasteiger partial charge in [-0.2, -0.15) is 13.9 Å². The lowest BCUT2D eigenvalue weighted by Gasteiger charge is -2.16. The number of alkyl halides is 2. The summed E-state index contributed by atoms with van der Waals surface area (Å²) in [5.41, 5.74) is 0.326. The zero-order chi connectivity index (χ0) is 26.6. The summed E-state index contributed by atoms with van der Waals surface area (Å²) >= 11 is 12.1. The average molecular weight is 553 g/mol.